The molecule has 4 rings (SSSR count). The predicted octanol–water partition coefficient (Wildman–Crippen LogP) is 1.01. The van der Waals surface area contributed by atoms with E-state index in [1.807, 2.05) is 0 Å². The van der Waals surface area contributed by atoms with Gasteiger partial charge in [0.05, 0.1) is 16.7 Å². The molecule has 10 nitrogen and oxygen atoms in total. The molecule has 1 saturated heterocycles. The minimum atomic E-state index is -1.63. The molecule has 15 heteroatoms. The molecule has 0 bridgehead atoms. The minimum Gasteiger partial charge on any atom is -0.547 e. The number of hydrogen-bond acceptors (Lipinski definition) is 9. The highest BCUT2D eigenvalue weighted by atomic mass is 35.5. The average Bonchev–Trinajstić information content (AvgIpc) is 2.91. The van der Waals surface area contributed by atoms with E-state index in [0.29, 0.717) is 32.0 Å². The van der Waals surface area contributed by atoms with Gasteiger partial charge in [-0.15, -0.1) is 35.3 Å². The molecule has 206 valence electrons. The summed E-state index contributed by atoms with van der Waals surface area (Å²) in [6.45, 7) is -0.165. The molecule has 3 N–H and O–H groups in total. The number of carboxylic acid groups (broad SMARTS) is 2. The van der Waals surface area contributed by atoms with Crippen LogP contribution in [0.5, 0.6) is 0 Å². The molecule has 0 radical (unpaired) electrons. The van der Waals surface area contributed by atoms with E-state index < -0.39 is 35.4 Å². The van der Waals surface area contributed by atoms with Crippen LogP contribution in [0.15, 0.2) is 63.8 Å². The van der Waals surface area contributed by atoms with Crippen LogP contribution >= 0.6 is 58.5 Å². The van der Waals surface area contributed by atoms with Crippen LogP contribution in [0.2, 0.25) is 10.0 Å². The lowest BCUT2D eigenvalue weighted by atomic mass is 10.0. The van der Waals surface area contributed by atoms with Crippen LogP contribution < -0.4 is 15.0 Å². The number of amides is 2. The first-order chi connectivity index (χ1) is 18.5. The van der Waals surface area contributed by atoms with Gasteiger partial charge in [0, 0.05) is 38.5 Å². The first-order valence-electron chi connectivity index (χ1n) is 11.3. The maximum atomic E-state index is 12.9. The van der Waals surface area contributed by atoms with Crippen molar-refractivity contribution in [1.29, 1.82) is 0 Å². The molecule has 0 saturated carbocycles. The van der Waals surface area contributed by atoms with Gasteiger partial charge in [-0.2, -0.15) is 0 Å². The molecule has 1 aromatic carbocycles. The highest BCUT2D eigenvalue weighted by Gasteiger charge is 2.54. The summed E-state index contributed by atoms with van der Waals surface area (Å²) in [7, 11) is 0. The van der Waals surface area contributed by atoms with Gasteiger partial charge < -0.3 is 25.4 Å². The molecule has 2 aromatic rings. The highest BCUT2D eigenvalue weighted by Crippen LogP contribution is 2.41. The minimum absolute atomic E-state index is 0.00792. The Morgan fingerprint density at radius 1 is 1.21 bits per heavy atom. The zero-order chi connectivity index (χ0) is 28.3. The van der Waals surface area contributed by atoms with Gasteiger partial charge in [0.25, 0.3) is 5.91 Å². The van der Waals surface area contributed by atoms with Crippen molar-refractivity contribution >= 4 is 82.2 Å². The summed E-state index contributed by atoms with van der Waals surface area (Å²) in [4.78, 5) is 50.9. The Hall–Kier alpha value is -2.42. The largest absolute Gasteiger partial charge is 0.547 e. The van der Waals surface area contributed by atoms with Crippen LogP contribution in [0.1, 0.15) is 0 Å². The molecular formula is C24H21Cl2N3O7S3. The van der Waals surface area contributed by atoms with Crippen molar-refractivity contribution in [2.75, 3.05) is 17.3 Å². The van der Waals surface area contributed by atoms with Gasteiger partial charge >= 0.3 is 5.97 Å². The number of aliphatic hydroxyl groups is 1. The average molecular weight is 631 g/mol. The number of aromatic nitrogens is 1. The van der Waals surface area contributed by atoms with Crippen LogP contribution in [0.3, 0.4) is 0 Å². The van der Waals surface area contributed by atoms with Crippen LogP contribution in [0.25, 0.3) is 0 Å². The number of nitrogens with one attached hydrogen (secondary N) is 1. The number of benzene rings is 1. The first-order valence-corrected chi connectivity index (χ1v) is 15.1. The molecule has 1 unspecified atom stereocenters. The molecule has 3 atom stereocenters. The van der Waals surface area contributed by atoms with Crippen LogP contribution in [-0.2, 0) is 25.7 Å². The van der Waals surface area contributed by atoms with Crippen molar-refractivity contribution in [2.45, 2.75) is 33.9 Å². The number of pyridine rings is 1. The lowest BCUT2D eigenvalue weighted by molar-refractivity contribution is -0.702. The molecule has 3 heterocycles. The second-order valence-electron chi connectivity index (χ2n) is 8.43. The first kappa shape index (κ1) is 29.6. The van der Waals surface area contributed by atoms with Crippen molar-refractivity contribution in [3.63, 3.8) is 0 Å². The Labute approximate surface area is 245 Å². The molecule has 0 spiro atoms. The summed E-state index contributed by atoms with van der Waals surface area (Å²) >= 11 is 16.0. The van der Waals surface area contributed by atoms with E-state index in [2.05, 4.69) is 5.32 Å². The van der Waals surface area contributed by atoms with E-state index >= 15 is 0 Å². The zero-order valence-corrected chi connectivity index (χ0v) is 23.9. The van der Waals surface area contributed by atoms with Crippen LogP contribution in [0, 0.1) is 0 Å². The summed E-state index contributed by atoms with van der Waals surface area (Å²) in [5.41, 5.74) is 0.493. The molecule has 39 heavy (non-hydrogen) atoms. The molecular weight excluding hydrogens is 609 g/mol. The van der Waals surface area contributed by atoms with Crippen molar-refractivity contribution in [2.24, 2.45) is 0 Å². The number of carbonyl (C=O) groups is 4. The lowest BCUT2D eigenvalue weighted by Crippen LogP contribution is -2.70. The number of halogens is 2. The number of aliphatic carboxylic acids is 2. The highest BCUT2D eigenvalue weighted by molar-refractivity contribution is 8.01. The monoisotopic (exact) mass is 629 g/mol. The van der Waals surface area contributed by atoms with E-state index in [9.17, 15) is 34.5 Å². The summed E-state index contributed by atoms with van der Waals surface area (Å²) < 4.78 is 1.49. The number of carbonyl (C=O) groups excluding carboxylic acids is 3. The number of aliphatic hydroxyl groups excluding tert-OH is 1. The fourth-order valence-electron chi connectivity index (χ4n) is 3.85. The van der Waals surface area contributed by atoms with Crippen molar-refractivity contribution < 1.29 is 39.1 Å². The third kappa shape index (κ3) is 7.02. The SMILES string of the molecule is O=C(CSc1cc(Cl)ccc1Cl)N[C@@H]1C(=O)N2C(C(=O)O)=C(CSc3cc[n+](CC(O)C(=O)[O-])cc3)CS[C@H]12. The molecule has 2 aliphatic heterocycles. The maximum Gasteiger partial charge on any atom is 0.352 e. The van der Waals surface area contributed by atoms with Crippen molar-refractivity contribution in [3.05, 3.63) is 64.0 Å². The van der Waals surface area contributed by atoms with Gasteiger partial charge in [-0.3, -0.25) is 14.5 Å². The molecule has 1 aromatic heterocycles. The van der Waals surface area contributed by atoms with Gasteiger partial charge in [-0.1, -0.05) is 23.2 Å². The second kappa shape index (κ2) is 12.8. The predicted molar refractivity (Wildman–Crippen MR) is 145 cm³/mol. The smallest absolute Gasteiger partial charge is 0.352 e. The maximum absolute atomic E-state index is 12.9. The second-order valence-corrected chi connectivity index (χ2v) is 12.4. The number of rotatable bonds is 11. The van der Waals surface area contributed by atoms with Crippen molar-refractivity contribution in [1.82, 2.24) is 10.2 Å². The Bertz CT molecular complexity index is 1340. The molecule has 2 aliphatic rings. The number of hydrogen-bond donors (Lipinski definition) is 3. The fourth-order valence-corrected chi connectivity index (χ4v) is 7.52. The Morgan fingerprint density at radius 3 is 2.59 bits per heavy atom. The Balaban J connectivity index is 1.35. The number of fused-ring (bicyclic) bond motifs is 1. The van der Waals surface area contributed by atoms with Gasteiger partial charge in [-0.25, -0.2) is 9.36 Å². The van der Waals surface area contributed by atoms with E-state index in [4.69, 9.17) is 23.2 Å². The van der Waals surface area contributed by atoms with Gasteiger partial charge in [0.1, 0.15) is 17.1 Å². The number of thioether (sulfide) groups is 3. The van der Waals surface area contributed by atoms with Gasteiger partial charge in [0.2, 0.25) is 5.91 Å². The molecule has 0 aliphatic carbocycles. The lowest BCUT2D eigenvalue weighted by Gasteiger charge is -2.49. The van der Waals surface area contributed by atoms with Gasteiger partial charge in [0.15, 0.2) is 25.0 Å². The number of carboxylic acids is 2. The van der Waals surface area contributed by atoms with E-state index in [0.717, 1.165) is 4.90 Å². The summed E-state index contributed by atoms with van der Waals surface area (Å²) in [5, 5.41) is 33.1. The van der Waals surface area contributed by atoms with Gasteiger partial charge in [-0.05, 0) is 23.8 Å². The number of β-lactam (4-membered cyclic amide) rings is 1. The van der Waals surface area contributed by atoms with Crippen LogP contribution in [0.4, 0.5) is 0 Å². The topological polar surface area (TPSA) is 151 Å². The normalized spacial score (nSPS) is 19.3. The summed E-state index contributed by atoms with van der Waals surface area (Å²) in [6.07, 6.45) is 1.56. The van der Waals surface area contributed by atoms with Crippen molar-refractivity contribution in [3.8, 4) is 0 Å². The zero-order valence-electron chi connectivity index (χ0n) is 19.9. The van der Waals surface area contributed by atoms with E-state index in [1.54, 1.807) is 42.7 Å². The third-order valence-electron chi connectivity index (χ3n) is 5.75. The quantitative estimate of drug-likeness (QED) is 0.187. The Morgan fingerprint density at radius 2 is 1.92 bits per heavy atom. The standard InChI is InChI=1S/C24H21Cl2N3O7S3/c25-13-1-2-15(26)17(7-13)38-11-18(31)27-19-21(32)29-20(24(35)36)12(10-39-22(19)29)9-37-14-3-5-28(6-4-14)8-16(30)23(33)34/h1-7,16,19,22,30H,8-11H2,(H2-,27,31,33,34,35,36)/t16?,19-,22-/m1/s1. The Kier molecular flexibility index (Phi) is 9.73. The fraction of sp³-hybridized carbons (Fsp3) is 0.292. The number of nitrogens with zero attached hydrogens (tertiary/aromatic N) is 2. The summed E-state index contributed by atoms with van der Waals surface area (Å²) in [6, 6.07) is 7.50. The molecule has 1 fully saturated rings. The van der Waals surface area contributed by atoms with E-state index in [1.165, 1.54) is 44.8 Å². The molecule has 2 amide bonds. The third-order valence-corrected chi connectivity index (χ3v) is 9.92. The summed E-state index contributed by atoms with van der Waals surface area (Å²) in [5.74, 6) is -2.97. The van der Waals surface area contributed by atoms with Crippen LogP contribution in [-0.4, -0.2) is 73.6 Å². The van der Waals surface area contributed by atoms with E-state index in [-0.39, 0.29) is 23.9 Å².